The molecule has 0 saturated heterocycles. The standard InChI is InChI=1S/C7H4F3O.2C7H4F3.Al/c1-11-7-3-5(9)4(8)2-6(7)10;2*1-4-2-5(8)3-6(9)7(4)10;/h3H,1H3;2*2H,1H3;. The van der Waals surface area contributed by atoms with Gasteiger partial charge in [-0.3, -0.25) is 0 Å². The Balaban J connectivity index is 2.58. The Hall–Kier alpha value is -2.64. The highest BCUT2D eigenvalue weighted by Gasteiger charge is 2.43. The number of hydrogen-bond acceptors (Lipinski definition) is 1. The molecule has 0 heterocycles. The number of ether oxygens (including phenoxy) is 1. The molecule has 0 spiro atoms. The molecule has 3 aromatic carbocycles. The molecule has 0 radical (unpaired) electrons. The van der Waals surface area contributed by atoms with E-state index in [0.717, 1.165) is 21.0 Å². The van der Waals surface area contributed by atoms with Gasteiger partial charge in [-0.1, -0.05) is 0 Å². The molecule has 0 aromatic heterocycles. The van der Waals surface area contributed by atoms with Crippen LogP contribution in [0.1, 0.15) is 11.1 Å². The van der Waals surface area contributed by atoms with E-state index in [-0.39, 0.29) is 6.07 Å². The number of halogens is 9. The fraction of sp³-hybridized carbons (Fsp3) is 0.143. The number of aryl methyl sites for hydroxylation is 2. The van der Waals surface area contributed by atoms with Gasteiger partial charge in [0.1, 0.15) is 29.1 Å². The van der Waals surface area contributed by atoms with Crippen LogP contribution in [0.15, 0.2) is 18.2 Å². The first-order valence-electron chi connectivity index (χ1n) is 8.91. The highest BCUT2D eigenvalue weighted by Crippen LogP contribution is 2.23. The highest BCUT2D eigenvalue weighted by atomic mass is 27.2. The lowest BCUT2D eigenvalue weighted by atomic mass is 10.2. The lowest BCUT2D eigenvalue weighted by molar-refractivity contribution is 0.379. The van der Waals surface area contributed by atoms with Crippen LogP contribution in [0.2, 0.25) is 0 Å². The summed E-state index contributed by atoms with van der Waals surface area (Å²) in [5.74, 6) is -16.9. The first-order valence-corrected chi connectivity index (χ1v) is 10.6. The van der Waals surface area contributed by atoms with Crippen LogP contribution in [-0.2, 0) is 0 Å². The third-order valence-electron chi connectivity index (χ3n) is 4.99. The van der Waals surface area contributed by atoms with E-state index in [0.29, 0.717) is 12.1 Å². The molecule has 3 aromatic rings. The van der Waals surface area contributed by atoms with Gasteiger partial charge < -0.3 is 4.74 Å². The molecule has 0 atom stereocenters. The molecular formula is C21H12AlF9O. The summed E-state index contributed by atoms with van der Waals surface area (Å²) in [5, 5.41) is 0. The molecule has 0 unspecified atom stereocenters. The Morgan fingerprint density at radius 3 is 1.38 bits per heavy atom. The Bertz CT molecular complexity index is 1180. The number of hydrogen-bond donors (Lipinski definition) is 0. The molecule has 3 rings (SSSR count). The molecule has 0 bridgehead atoms. The molecule has 1 nitrogen and oxygen atoms in total. The summed E-state index contributed by atoms with van der Waals surface area (Å²) in [7, 11) is 0.857. The van der Waals surface area contributed by atoms with E-state index in [1.54, 1.807) is 0 Å². The van der Waals surface area contributed by atoms with Crippen LogP contribution < -0.4 is 18.0 Å². The zero-order valence-electron chi connectivity index (χ0n) is 16.6. The van der Waals surface area contributed by atoms with Crippen molar-refractivity contribution in [2.24, 2.45) is 0 Å². The lowest BCUT2D eigenvalue weighted by Gasteiger charge is -2.20. The second-order valence-electron chi connectivity index (χ2n) is 6.97. The monoisotopic (exact) mass is 478 g/mol. The van der Waals surface area contributed by atoms with Crippen LogP contribution in [0, 0.1) is 66.2 Å². The predicted molar refractivity (Wildman–Crippen MR) is 99.6 cm³/mol. The number of benzene rings is 3. The van der Waals surface area contributed by atoms with Crippen molar-refractivity contribution >= 4 is 27.4 Å². The largest absolute Gasteiger partial charge is 0.494 e. The SMILES string of the molecule is COc1cc(F)c(F)[c]([Al]([c]2c(F)cc(C)c(F)c2F)[c]2c(F)cc(C)c(F)c2F)c1F. The molecular weight excluding hydrogens is 466 g/mol. The molecule has 0 aliphatic carbocycles. The fourth-order valence-electron chi connectivity index (χ4n) is 3.42. The van der Waals surface area contributed by atoms with E-state index in [2.05, 4.69) is 4.74 Å². The summed E-state index contributed by atoms with van der Waals surface area (Å²) < 4.78 is 132. The van der Waals surface area contributed by atoms with Gasteiger partial charge in [0.15, 0.2) is 29.0 Å². The van der Waals surface area contributed by atoms with Crippen molar-refractivity contribution in [3.8, 4) is 5.75 Å². The average molecular weight is 478 g/mol. The summed E-state index contributed by atoms with van der Waals surface area (Å²) >= 11 is -4.76. The van der Waals surface area contributed by atoms with E-state index in [1.807, 2.05) is 0 Å². The molecule has 0 aliphatic rings. The van der Waals surface area contributed by atoms with Crippen molar-refractivity contribution in [2.75, 3.05) is 7.11 Å². The summed E-state index contributed by atoms with van der Waals surface area (Å²) in [4.78, 5) is 0. The Kier molecular flexibility index (Phi) is 6.54. The minimum absolute atomic E-state index is 0.268. The average Bonchev–Trinajstić information content (AvgIpc) is 2.72. The van der Waals surface area contributed by atoms with Crippen LogP contribution in [-0.4, -0.2) is 21.3 Å². The van der Waals surface area contributed by atoms with Crippen LogP contribution >= 0.6 is 0 Å². The summed E-state index contributed by atoms with van der Waals surface area (Å²) in [6.45, 7) is 1.95. The van der Waals surface area contributed by atoms with Crippen molar-refractivity contribution in [1.29, 1.82) is 0 Å². The topological polar surface area (TPSA) is 9.23 Å². The molecule has 168 valence electrons. The van der Waals surface area contributed by atoms with Gasteiger partial charge in [-0.05, 0) is 50.4 Å². The van der Waals surface area contributed by atoms with E-state index < -0.39 is 96.7 Å². The van der Waals surface area contributed by atoms with Gasteiger partial charge in [-0.15, -0.1) is 0 Å². The van der Waals surface area contributed by atoms with E-state index in [1.165, 1.54) is 0 Å². The van der Waals surface area contributed by atoms with Gasteiger partial charge in [-0.25, -0.2) is 39.5 Å². The molecule has 11 heteroatoms. The predicted octanol–water partition coefficient (Wildman–Crippen LogP) is 4.08. The van der Waals surface area contributed by atoms with Gasteiger partial charge >= 0.3 is 14.1 Å². The van der Waals surface area contributed by atoms with E-state index in [9.17, 15) is 35.1 Å². The second-order valence-corrected chi connectivity index (χ2v) is 9.57. The third kappa shape index (κ3) is 3.73. The van der Waals surface area contributed by atoms with E-state index in [4.69, 9.17) is 0 Å². The van der Waals surface area contributed by atoms with Gasteiger partial charge in [-0.2, -0.15) is 0 Å². The number of rotatable bonds is 4. The van der Waals surface area contributed by atoms with Crippen molar-refractivity contribution in [1.82, 2.24) is 0 Å². The van der Waals surface area contributed by atoms with Crippen LogP contribution in [0.3, 0.4) is 0 Å². The zero-order valence-corrected chi connectivity index (χ0v) is 17.8. The maximum Gasteiger partial charge on any atom is 0.412 e. The fourth-order valence-corrected chi connectivity index (χ4v) is 6.55. The Morgan fingerprint density at radius 2 is 0.969 bits per heavy atom. The molecule has 0 amide bonds. The quantitative estimate of drug-likeness (QED) is 0.312. The molecule has 0 N–H and O–H groups in total. The summed E-state index contributed by atoms with van der Waals surface area (Å²) in [6.07, 6.45) is 0. The second kappa shape index (κ2) is 8.71. The molecule has 0 fully saturated rings. The maximum absolute atomic E-state index is 15.0. The van der Waals surface area contributed by atoms with Crippen molar-refractivity contribution in [3.63, 3.8) is 0 Å². The van der Waals surface area contributed by atoms with Crippen LogP contribution in [0.5, 0.6) is 5.75 Å². The number of methoxy groups -OCH3 is 1. The summed E-state index contributed by atoms with van der Waals surface area (Å²) in [6, 6.07) is 1.16. The van der Waals surface area contributed by atoms with E-state index >= 15 is 4.39 Å². The van der Waals surface area contributed by atoms with Crippen molar-refractivity contribution in [3.05, 3.63) is 81.7 Å². The van der Waals surface area contributed by atoms with Crippen LogP contribution in [0.4, 0.5) is 39.5 Å². The normalized spacial score (nSPS) is 11.1. The molecule has 32 heavy (non-hydrogen) atoms. The first kappa shape index (κ1) is 24.0. The highest BCUT2D eigenvalue weighted by molar-refractivity contribution is 6.95. The lowest BCUT2D eigenvalue weighted by Crippen LogP contribution is -2.59. The minimum Gasteiger partial charge on any atom is -0.494 e. The summed E-state index contributed by atoms with van der Waals surface area (Å²) in [5.41, 5.74) is -1.10. The first-order chi connectivity index (χ1) is 14.9. The molecule has 0 aliphatic heterocycles. The zero-order chi connectivity index (χ0) is 24.1. The molecule has 0 saturated carbocycles. The Labute approximate surface area is 180 Å². The smallest absolute Gasteiger partial charge is 0.412 e. The Morgan fingerprint density at radius 1 is 0.531 bits per heavy atom. The third-order valence-corrected chi connectivity index (χ3v) is 8.29. The van der Waals surface area contributed by atoms with Gasteiger partial charge in [0.2, 0.25) is 0 Å². The van der Waals surface area contributed by atoms with Crippen LogP contribution in [0.25, 0.3) is 0 Å². The van der Waals surface area contributed by atoms with Gasteiger partial charge in [0.05, 0.1) is 7.11 Å². The maximum atomic E-state index is 15.0. The van der Waals surface area contributed by atoms with Gasteiger partial charge in [0, 0.05) is 6.07 Å². The van der Waals surface area contributed by atoms with Crippen molar-refractivity contribution < 1.29 is 44.3 Å². The van der Waals surface area contributed by atoms with Gasteiger partial charge in [0.25, 0.3) is 0 Å². The minimum atomic E-state index is -4.76. The van der Waals surface area contributed by atoms with Crippen molar-refractivity contribution in [2.45, 2.75) is 13.8 Å².